The molecule has 2 aromatic heterocycles. The van der Waals surface area contributed by atoms with E-state index < -0.39 is 0 Å². The fourth-order valence-corrected chi connectivity index (χ4v) is 8.82. The summed E-state index contributed by atoms with van der Waals surface area (Å²) in [5.41, 5.74) is 11.1. The Kier molecular flexibility index (Phi) is 9.22. The summed E-state index contributed by atoms with van der Waals surface area (Å²) in [6.45, 7) is 12.8. The van der Waals surface area contributed by atoms with Crippen molar-refractivity contribution in [1.29, 1.82) is 0 Å². The molecule has 1 atom stereocenters. The van der Waals surface area contributed by atoms with E-state index in [0.717, 1.165) is 77.1 Å². The van der Waals surface area contributed by atoms with Gasteiger partial charge >= 0.3 is 0 Å². The Labute approximate surface area is 330 Å². The summed E-state index contributed by atoms with van der Waals surface area (Å²) < 4.78 is 4.67. The topological polar surface area (TPSA) is 43.3 Å². The molecule has 1 aliphatic heterocycles. The molecule has 9 rings (SSSR count). The van der Waals surface area contributed by atoms with Gasteiger partial charge in [-0.25, -0.2) is 4.99 Å². The lowest BCUT2D eigenvalue weighted by molar-refractivity contribution is -0.321. The summed E-state index contributed by atoms with van der Waals surface area (Å²) in [5, 5.41) is 8.48. The molecule has 5 heteroatoms. The zero-order valence-corrected chi connectivity index (χ0v) is 32.3. The summed E-state index contributed by atoms with van der Waals surface area (Å²) in [5.74, 6) is 1.77. The smallest absolute Gasteiger partial charge is 0.262 e. The molecule has 0 spiro atoms. The van der Waals surface area contributed by atoms with Gasteiger partial charge in [-0.2, -0.15) is 0 Å². The van der Waals surface area contributed by atoms with Gasteiger partial charge in [0.15, 0.2) is 0 Å². The minimum Gasteiger partial charge on any atom is -0.309 e. The first-order valence-electron chi connectivity index (χ1n) is 18.9. The number of amidine groups is 2. The second-order valence-corrected chi connectivity index (χ2v) is 15.2. The second kappa shape index (κ2) is 14.8. The van der Waals surface area contributed by atoms with Crippen LogP contribution in [0.1, 0.15) is 36.7 Å². The number of para-hydroxylation sites is 1. The number of thiophene rings is 1. The number of hydrogen-bond donors (Lipinski definition) is 2. The zero-order chi connectivity index (χ0) is 38.2. The lowest BCUT2D eigenvalue weighted by atomic mass is 10.00. The summed E-state index contributed by atoms with van der Waals surface area (Å²) in [4.78, 5) is 8.68. The number of benzene rings is 6. The summed E-state index contributed by atoms with van der Waals surface area (Å²) in [7, 11) is 0. The van der Waals surface area contributed by atoms with Crippen LogP contribution >= 0.6 is 11.3 Å². The molecule has 56 heavy (non-hydrogen) atoms. The van der Waals surface area contributed by atoms with E-state index in [1.54, 1.807) is 11.3 Å². The molecular weight excluding hydrogens is 701 g/mol. The molecule has 1 unspecified atom stereocenters. The normalized spacial score (nSPS) is 15.2. The largest absolute Gasteiger partial charge is 0.309 e. The average molecular weight is 742 g/mol. The Morgan fingerprint density at radius 3 is 2.32 bits per heavy atom. The van der Waals surface area contributed by atoms with Crippen molar-refractivity contribution in [3.05, 3.63) is 208 Å². The average Bonchev–Trinajstić information content (AvgIpc) is 3.77. The molecule has 0 amide bonds. The molecule has 8 aromatic rings. The van der Waals surface area contributed by atoms with Gasteiger partial charge in [-0.3, -0.25) is 5.32 Å². The summed E-state index contributed by atoms with van der Waals surface area (Å²) in [6.07, 6.45) is 7.93. The van der Waals surface area contributed by atoms with Crippen LogP contribution in [0.5, 0.6) is 0 Å². The van der Waals surface area contributed by atoms with E-state index in [1.165, 1.54) is 20.9 Å². The van der Waals surface area contributed by atoms with Crippen molar-refractivity contribution in [2.24, 2.45) is 4.99 Å². The minimum atomic E-state index is -0.222. The van der Waals surface area contributed by atoms with Crippen LogP contribution in [-0.2, 0) is 0 Å². The first-order chi connectivity index (χ1) is 27.5. The van der Waals surface area contributed by atoms with Gasteiger partial charge in [-0.15, -0.1) is 11.3 Å². The molecule has 0 bridgehead atoms. The fraction of sp³-hybridized carbons (Fsp3) is 0.0588. The van der Waals surface area contributed by atoms with Crippen LogP contribution in [0, 0.1) is 0 Å². The third kappa shape index (κ3) is 6.32. The van der Waals surface area contributed by atoms with E-state index in [-0.39, 0.29) is 6.17 Å². The maximum atomic E-state index is 5.07. The molecule has 0 saturated heterocycles. The van der Waals surface area contributed by atoms with Crippen LogP contribution in [-0.4, -0.2) is 16.2 Å². The molecule has 0 aliphatic carbocycles. The molecule has 0 saturated carbocycles. The van der Waals surface area contributed by atoms with Crippen LogP contribution in [0.3, 0.4) is 0 Å². The van der Waals surface area contributed by atoms with Gasteiger partial charge in [-0.1, -0.05) is 146 Å². The highest BCUT2D eigenvalue weighted by molar-refractivity contribution is 7.17. The highest BCUT2D eigenvalue weighted by atomic mass is 32.1. The van der Waals surface area contributed by atoms with Gasteiger partial charge in [0.1, 0.15) is 0 Å². The Morgan fingerprint density at radius 2 is 1.48 bits per heavy atom. The van der Waals surface area contributed by atoms with E-state index in [1.807, 2.05) is 31.2 Å². The number of fused-ring (bicyclic) bond motifs is 4. The van der Waals surface area contributed by atoms with Gasteiger partial charge in [0.25, 0.3) is 12.0 Å². The van der Waals surface area contributed by atoms with Crippen LogP contribution in [0.15, 0.2) is 187 Å². The number of rotatable bonds is 8. The van der Waals surface area contributed by atoms with Crippen molar-refractivity contribution in [2.75, 3.05) is 0 Å². The van der Waals surface area contributed by atoms with Crippen molar-refractivity contribution in [3.8, 4) is 16.8 Å². The van der Waals surface area contributed by atoms with Crippen LogP contribution in [0.4, 0.5) is 0 Å². The Morgan fingerprint density at radius 1 is 0.750 bits per heavy atom. The Bertz CT molecular complexity index is 3060. The number of aromatic nitrogens is 1. The lowest BCUT2D eigenvalue weighted by Gasteiger charge is -2.17. The van der Waals surface area contributed by atoms with Gasteiger partial charge in [0, 0.05) is 53.0 Å². The SMILES string of the molecule is C=C/C(c1cccc(-n2c3ccccc3c3ccc(-c4cccc(C5=[NH+]C(/C(C)=C/C=C\C)=NC(c6ccccc6)N5)c4)cc32)c1)=c1\c(=C)sc2ccccc12. The minimum absolute atomic E-state index is 0.222. The Hall–Kier alpha value is -6.82. The van der Waals surface area contributed by atoms with Crippen LogP contribution < -0.4 is 20.1 Å². The van der Waals surface area contributed by atoms with Crippen molar-refractivity contribution in [2.45, 2.75) is 20.0 Å². The first-order valence-corrected chi connectivity index (χ1v) is 19.7. The Balaban J connectivity index is 1.16. The molecule has 4 nitrogen and oxygen atoms in total. The third-order valence-electron chi connectivity index (χ3n) is 10.5. The van der Waals surface area contributed by atoms with Gasteiger partial charge < -0.3 is 4.57 Å². The molecule has 6 aromatic carbocycles. The summed E-state index contributed by atoms with van der Waals surface area (Å²) in [6, 6.07) is 52.0. The first kappa shape index (κ1) is 34.9. The molecular formula is C51H41N4S+. The van der Waals surface area contributed by atoms with E-state index in [9.17, 15) is 0 Å². The predicted octanol–water partition coefficient (Wildman–Crippen LogP) is 9.51. The van der Waals surface area contributed by atoms with E-state index >= 15 is 0 Å². The number of aliphatic imine (C=N–C) groups is 1. The molecule has 0 fully saturated rings. The number of nitrogens with zero attached hydrogens (tertiary/aromatic N) is 2. The van der Waals surface area contributed by atoms with Crippen molar-refractivity contribution >= 4 is 67.1 Å². The second-order valence-electron chi connectivity index (χ2n) is 14.0. The lowest BCUT2D eigenvalue weighted by Crippen LogP contribution is -2.82. The van der Waals surface area contributed by atoms with Crippen molar-refractivity contribution in [1.82, 2.24) is 9.88 Å². The number of nitrogens with one attached hydrogen (secondary N) is 2. The monoisotopic (exact) mass is 741 g/mol. The quantitative estimate of drug-likeness (QED) is 0.150. The van der Waals surface area contributed by atoms with Gasteiger partial charge in [0.05, 0.1) is 11.0 Å². The van der Waals surface area contributed by atoms with E-state index in [4.69, 9.17) is 4.99 Å². The predicted molar refractivity (Wildman–Crippen MR) is 239 cm³/mol. The molecule has 270 valence electrons. The van der Waals surface area contributed by atoms with Crippen molar-refractivity contribution < 1.29 is 4.99 Å². The zero-order valence-electron chi connectivity index (χ0n) is 31.5. The van der Waals surface area contributed by atoms with E-state index in [0.29, 0.717) is 0 Å². The highest BCUT2D eigenvalue weighted by Crippen LogP contribution is 2.35. The van der Waals surface area contributed by atoms with E-state index in [2.05, 4.69) is 181 Å². The summed E-state index contributed by atoms with van der Waals surface area (Å²) >= 11 is 1.73. The van der Waals surface area contributed by atoms with Gasteiger partial charge in [-0.05, 0) is 78.6 Å². The molecule has 2 N–H and O–H groups in total. The fourth-order valence-electron chi connectivity index (χ4n) is 7.80. The van der Waals surface area contributed by atoms with Gasteiger partial charge in [0.2, 0.25) is 5.84 Å². The molecule has 3 heterocycles. The standard InChI is InChI=1S/C51H40N4S/c1-5-7-17-33(3)49-52-50(35-18-9-8-10-19-35)54-51(53-49)39-22-15-20-36(30-39)37-28-29-43-42-24-11-13-26-45(42)55(46(43)32-37)40-23-16-21-38(31-40)41(6-2)48-34(4)56-47-27-14-12-25-44(47)48/h5-32,50H,2,4H2,1,3H3,(H,52,53,54)/p+1/b7-5-,33-17+,48-41-. The maximum Gasteiger partial charge on any atom is 0.262 e. The number of allylic oxidation sites excluding steroid dienone is 4. The highest BCUT2D eigenvalue weighted by Gasteiger charge is 2.27. The van der Waals surface area contributed by atoms with Crippen LogP contribution in [0.25, 0.3) is 60.9 Å². The maximum absolute atomic E-state index is 5.07. The third-order valence-corrected chi connectivity index (χ3v) is 11.6. The van der Waals surface area contributed by atoms with Crippen molar-refractivity contribution in [3.63, 3.8) is 0 Å². The molecule has 1 aliphatic rings. The number of hydrogen-bond acceptors (Lipinski definition) is 3. The molecule has 0 radical (unpaired) electrons. The van der Waals surface area contributed by atoms with Crippen LogP contribution in [0.2, 0.25) is 0 Å².